The molecule has 11 heteroatoms. The second-order valence-corrected chi connectivity index (χ2v) is 9.10. The summed E-state index contributed by atoms with van der Waals surface area (Å²) in [4.78, 5) is 31.6. The highest BCUT2D eigenvalue weighted by molar-refractivity contribution is 5.88. The van der Waals surface area contributed by atoms with Crippen LogP contribution >= 0.6 is 0 Å². The normalized spacial score (nSPS) is 20.9. The molecule has 2 fully saturated rings. The summed E-state index contributed by atoms with van der Waals surface area (Å²) in [6.07, 6.45) is 1.64. The summed E-state index contributed by atoms with van der Waals surface area (Å²) in [5.41, 5.74) is 3.29. The first-order valence-corrected chi connectivity index (χ1v) is 11.7. The molecule has 2 aliphatic heterocycles. The molecule has 1 amide bonds. The zero-order chi connectivity index (χ0) is 24.5. The minimum Gasteiger partial charge on any atom is -0.369 e. The number of benzene rings is 1. The number of hydrogen-bond acceptors (Lipinski definition) is 8. The van der Waals surface area contributed by atoms with E-state index in [1.165, 1.54) is 16.7 Å². The van der Waals surface area contributed by atoms with Crippen molar-refractivity contribution in [2.75, 3.05) is 61.8 Å². The third kappa shape index (κ3) is 4.76. The molecule has 4 heterocycles. The van der Waals surface area contributed by atoms with E-state index >= 15 is 0 Å². The molecule has 2 saturated heterocycles. The van der Waals surface area contributed by atoms with Crippen molar-refractivity contribution in [3.63, 3.8) is 0 Å². The Balaban J connectivity index is 1.35. The van der Waals surface area contributed by atoms with Gasteiger partial charge >= 0.3 is 0 Å². The standard InChI is InChI=1S/C24H30FN9O/c1-4-20(35)34-13-18(25)19(14-34)28-24-29-22(21-23(30-24)32(3)15-26-21)27-16-5-7-17(8-6-16)33-11-9-31(2)10-12-33/h4-8,15,18-19H,1,9-14H2,2-3H3,(H2,27,28,29,30)/t18-,19-/m0/s1. The molecular formula is C24H30FN9O. The molecule has 184 valence electrons. The van der Waals surface area contributed by atoms with Crippen LogP contribution in [-0.4, -0.2) is 93.8 Å². The van der Waals surface area contributed by atoms with Crippen molar-refractivity contribution in [1.82, 2.24) is 29.3 Å². The van der Waals surface area contributed by atoms with E-state index in [9.17, 15) is 9.18 Å². The fourth-order valence-electron chi connectivity index (χ4n) is 4.49. The number of likely N-dealkylation sites (tertiary alicyclic amines) is 1. The number of nitrogens with one attached hydrogen (secondary N) is 2. The lowest BCUT2D eigenvalue weighted by atomic mass is 10.2. The van der Waals surface area contributed by atoms with E-state index in [0.717, 1.165) is 31.9 Å². The molecule has 0 bridgehead atoms. The van der Waals surface area contributed by atoms with Crippen molar-refractivity contribution in [3.8, 4) is 0 Å². The third-order valence-electron chi connectivity index (χ3n) is 6.61. The maximum Gasteiger partial charge on any atom is 0.246 e. The van der Waals surface area contributed by atoms with E-state index in [1.54, 1.807) is 10.9 Å². The molecule has 0 aliphatic carbocycles. The van der Waals surface area contributed by atoms with E-state index in [2.05, 4.69) is 61.1 Å². The maximum atomic E-state index is 14.6. The number of rotatable bonds is 6. The zero-order valence-electron chi connectivity index (χ0n) is 20.0. The number of alkyl halides is 1. The van der Waals surface area contributed by atoms with Gasteiger partial charge in [0.05, 0.1) is 18.9 Å². The Kier molecular flexibility index (Phi) is 6.25. The molecule has 3 aromatic rings. The number of nitrogens with zero attached hydrogens (tertiary/aromatic N) is 7. The summed E-state index contributed by atoms with van der Waals surface area (Å²) in [6.45, 7) is 7.83. The topological polar surface area (TPSA) is 94.5 Å². The van der Waals surface area contributed by atoms with Crippen molar-refractivity contribution in [1.29, 1.82) is 0 Å². The molecule has 2 N–H and O–H groups in total. The van der Waals surface area contributed by atoms with Gasteiger partial charge < -0.3 is 29.9 Å². The molecule has 0 spiro atoms. The molecule has 10 nitrogen and oxygen atoms in total. The molecule has 0 saturated carbocycles. The highest BCUT2D eigenvalue weighted by Crippen LogP contribution is 2.27. The summed E-state index contributed by atoms with van der Waals surface area (Å²) >= 11 is 0. The Morgan fingerprint density at radius 2 is 1.86 bits per heavy atom. The van der Waals surface area contributed by atoms with Gasteiger partial charge in [0.1, 0.15) is 6.17 Å². The van der Waals surface area contributed by atoms with Crippen LogP contribution in [0.1, 0.15) is 0 Å². The van der Waals surface area contributed by atoms with Gasteiger partial charge in [0.2, 0.25) is 11.9 Å². The number of carbonyl (C=O) groups is 1. The van der Waals surface area contributed by atoms with Gasteiger partial charge in [-0.2, -0.15) is 9.97 Å². The average Bonchev–Trinajstić information content (AvgIpc) is 3.42. The number of anilines is 4. The molecule has 2 aromatic heterocycles. The molecule has 2 aliphatic rings. The summed E-state index contributed by atoms with van der Waals surface area (Å²) in [6, 6.07) is 7.62. The van der Waals surface area contributed by atoms with Crippen molar-refractivity contribution < 1.29 is 9.18 Å². The van der Waals surface area contributed by atoms with Gasteiger partial charge in [-0.3, -0.25) is 4.79 Å². The van der Waals surface area contributed by atoms with Crippen LogP contribution in [0.4, 0.5) is 27.5 Å². The van der Waals surface area contributed by atoms with E-state index in [1.807, 2.05) is 19.2 Å². The monoisotopic (exact) mass is 479 g/mol. The highest BCUT2D eigenvalue weighted by atomic mass is 19.1. The van der Waals surface area contributed by atoms with Crippen molar-refractivity contribution >= 4 is 40.2 Å². The fraction of sp³-hybridized carbons (Fsp3) is 0.417. The zero-order valence-corrected chi connectivity index (χ0v) is 20.0. The number of amides is 1. The lowest BCUT2D eigenvalue weighted by Gasteiger charge is -2.34. The van der Waals surface area contributed by atoms with Crippen LogP contribution in [0, 0.1) is 0 Å². The maximum absolute atomic E-state index is 14.6. The van der Waals surface area contributed by atoms with Crippen LogP contribution in [0.5, 0.6) is 0 Å². The van der Waals surface area contributed by atoms with Crippen LogP contribution in [0.15, 0.2) is 43.2 Å². The predicted molar refractivity (Wildman–Crippen MR) is 135 cm³/mol. The van der Waals surface area contributed by atoms with Crippen molar-refractivity contribution in [2.24, 2.45) is 7.05 Å². The van der Waals surface area contributed by atoms with Crippen molar-refractivity contribution in [2.45, 2.75) is 12.2 Å². The molecule has 2 atom stereocenters. The Hall–Kier alpha value is -3.73. The number of fused-ring (bicyclic) bond motifs is 1. The van der Waals surface area contributed by atoms with Crippen LogP contribution in [0.25, 0.3) is 11.2 Å². The predicted octanol–water partition coefficient (Wildman–Crippen LogP) is 2.01. The summed E-state index contributed by atoms with van der Waals surface area (Å²) in [5.74, 6) is 0.512. The number of aromatic nitrogens is 4. The highest BCUT2D eigenvalue weighted by Gasteiger charge is 2.35. The number of hydrogen-bond donors (Lipinski definition) is 2. The van der Waals surface area contributed by atoms with E-state index < -0.39 is 12.2 Å². The van der Waals surface area contributed by atoms with Gasteiger partial charge in [0, 0.05) is 51.1 Å². The van der Waals surface area contributed by atoms with Gasteiger partial charge in [-0.25, -0.2) is 9.37 Å². The first kappa shape index (κ1) is 23.0. The Bertz CT molecular complexity index is 1220. The Morgan fingerprint density at radius 1 is 1.11 bits per heavy atom. The minimum absolute atomic E-state index is 0.0151. The van der Waals surface area contributed by atoms with E-state index in [0.29, 0.717) is 17.0 Å². The molecule has 0 radical (unpaired) electrons. The number of piperazine rings is 1. The SMILES string of the molecule is C=CC(=O)N1C[C@H](Nc2nc(Nc3ccc(N4CCN(C)CC4)cc3)c3ncn(C)c3n2)[C@@H](F)C1. The number of likely N-dealkylation sites (N-methyl/N-ethyl adjacent to an activating group) is 1. The second kappa shape index (κ2) is 9.49. The molecule has 1 aromatic carbocycles. The number of imidazole rings is 1. The van der Waals surface area contributed by atoms with Gasteiger partial charge in [-0.15, -0.1) is 0 Å². The van der Waals surface area contributed by atoms with E-state index in [4.69, 9.17) is 0 Å². The first-order valence-electron chi connectivity index (χ1n) is 11.7. The van der Waals surface area contributed by atoms with Crippen molar-refractivity contribution in [3.05, 3.63) is 43.2 Å². The third-order valence-corrected chi connectivity index (χ3v) is 6.61. The molecular weight excluding hydrogens is 449 g/mol. The molecule has 0 unspecified atom stereocenters. The largest absolute Gasteiger partial charge is 0.369 e. The number of aryl methyl sites for hydroxylation is 1. The van der Waals surface area contributed by atoms with Gasteiger partial charge in [0.15, 0.2) is 17.0 Å². The van der Waals surface area contributed by atoms with Gasteiger partial charge in [-0.05, 0) is 37.4 Å². The lowest BCUT2D eigenvalue weighted by molar-refractivity contribution is -0.125. The van der Waals surface area contributed by atoms with Crippen LogP contribution < -0.4 is 15.5 Å². The number of carbonyl (C=O) groups excluding carboxylic acids is 1. The molecule has 35 heavy (non-hydrogen) atoms. The summed E-state index contributed by atoms with van der Waals surface area (Å²) in [5, 5.41) is 6.42. The minimum atomic E-state index is -1.23. The Morgan fingerprint density at radius 3 is 2.57 bits per heavy atom. The quantitative estimate of drug-likeness (QED) is 0.519. The lowest BCUT2D eigenvalue weighted by Crippen LogP contribution is -2.44. The van der Waals surface area contributed by atoms with Gasteiger partial charge in [-0.1, -0.05) is 6.58 Å². The Labute approximate surface area is 203 Å². The summed E-state index contributed by atoms with van der Waals surface area (Å²) < 4.78 is 16.4. The van der Waals surface area contributed by atoms with Crippen LogP contribution in [0.3, 0.4) is 0 Å². The second-order valence-electron chi connectivity index (χ2n) is 9.10. The smallest absolute Gasteiger partial charge is 0.246 e. The van der Waals surface area contributed by atoms with Crippen LogP contribution in [0.2, 0.25) is 0 Å². The van der Waals surface area contributed by atoms with E-state index in [-0.39, 0.29) is 24.9 Å². The number of halogens is 1. The first-order chi connectivity index (χ1) is 16.9. The average molecular weight is 480 g/mol. The van der Waals surface area contributed by atoms with Crippen LogP contribution in [-0.2, 0) is 11.8 Å². The fourth-order valence-corrected chi connectivity index (χ4v) is 4.49. The van der Waals surface area contributed by atoms with Gasteiger partial charge in [0.25, 0.3) is 0 Å². The molecule has 5 rings (SSSR count). The summed E-state index contributed by atoms with van der Waals surface area (Å²) in [7, 11) is 3.99.